The molecule has 0 aromatic heterocycles. The van der Waals surface area contributed by atoms with Crippen LogP contribution in [0.15, 0.2) is 0 Å². The summed E-state index contributed by atoms with van der Waals surface area (Å²) < 4.78 is 29.9. The van der Waals surface area contributed by atoms with E-state index >= 15 is 0 Å². The van der Waals surface area contributed by atoms with E-state index in [-0.39, 0.29) is 18.6 Å². The van der Waals surface area contributed by atoms with Crippen molar-refractivity contribution in [3.8, 4) is 0 Å². The highest BCUT2D eigenvalue weighted by atomic mass is 32.2. The van der Waals surface area contributed by atoms with Crippen LogP contribution in [0, 0.1) is 0 Å². The van der Waals surface area contributed by atoms with Crippen LogP contribution in [0.2, 0.25) is 0 Å². The quantitative estimate of drug-likeness (QED) is 0.342. The van der Waals surface area contributed by atoms with Crippen molar-refractivity contribution in [1.29, 1.82) is 0 Å². The SMILES string of the molecule is COC(=O)CCCS(=O)(=O)NCCCCC(N)=S. The van der Waals surface area contributed by atoms with Gasteiger partial charge in [0.05, 0.1) is 17.9 Å². The number of unbranched alkanes of at least 4 members (excludes halogenated alkanes) is 1. The number of methoxy groups -OCH3 is 1. The van der Waals surface area contributed by atoms with Gasteiger partial charge in [-0.25, -0.2) is 13.1 Å². The van der Waals surface area contributed by atoms with Crippen molar-refractivity contribution in [2.24, 2.45) is 5.73 Å². The smallest absolute Gasteiger partial charge is 0.305 e. The first-order chi connectivity index (χ1) is 8.37. The second-order valence-electron chi connectivity index (χ2n) is 3.82. The molecule has 6 nitrogen and oxygen atoms in total. The average molecular weight is 296 g/mol. The maximum atomic E-state index is 11.5. The van der Waals surface area contributed by atoms with Gasteiger partial charge in [0, 0.05) is 13.0 Å². The summed E-state index contributed by atoms with van der Waals surface area (Å²) in [5, 5.41) is 0. The van der Waals surface area contributed by atoms with Crippen LogP contribution in [-0.2, 0) is 19.6 Å². The van der Waals surface area contributed by atoms with Crippen molar-refractivity contribution in [3.05, 3.63) is 0 Å². The maximum Gasteiger partial charge on any atom is 0.305 e. The summed E-state index contributed by atoms with van der Waals surface area (Å²) in [7, 11) is -2.03. The van der Waals surface area contributed by atoms with Gasteiger partial charge in [0.2, 0.25) is 10.0 Å². The lowest BCUT2D eigenvalue weighted by Crippen LogP contribution is -2.27. The minimum absolute atomic E-state index is 0.0720. The standard InChI is InChI=1S/C10H20N2O4S2/c1-16-10(13)6-4-8-18(14,15)12-7-3-2-5-9(11)17/h12H,2-8H2,1H3,(H2,11,17). The summed E-state index contributed by atoms with van der Waals surface area (Å²) in [6, 6.07) is 0. The fraction of sp³-hybridized carbons (Fsp3) is 0.800. The zero-order chi connectivity index (χ0) is 14.0. The Hall–Kier alpha value is -0.730. The number of ether oxygens (including phenoxy) is 1. The summed E-state index contributed by atoms with van der Waals surface area (Å²) in [6.45, 7) is 0.364. The number of hydrogen-bond acceptors (Lipinski definition) is 5. The second-order valence-corrected chi connectivity index (χ2v) is 6.27. The van der Waals surface area contributed by atoms with Crippen LogP contribution in [0.5, 0.6) is 0 Å². The Morgan fingerprint density at radius 2 is 1.94 bits per heavy atom. The first kappa shape index (κ1) is 17.3. The van der Waals surface area contributed by atoms with E-state index in [0.717, 1.165) is 6.42 Å². The van der Waals surface area contributed by atoms with Crippen molar-refractivity contribution < 1.29 is 17.9 Å². The van der Waals surface area contributed by atoms with Gasteiger partial charge in [-0.2, -0.15) is 0 Å². The Bertz CT molecular complexity index is 368. The number of nitrogens with two attached hydrogens (primary N) is 1. The highest BCUT2D eigenvalue weighted by Crippen LogP contribution is 1.98. The zero-order valence-electron chi connectivity index (χ0n) is 10.5. The third-order valence-corrected chi connectivity index (χ3v) is 3.87. The van der Waals surface area contributed by atoms with Gasteiger partial charge in [-0.05, 0) is 25.7 Å². The van der Waals surface area contributed by atoms with Gasteiger partial charge in [-0.3, -0.25) is 4.79 Å². The molecule has 0 unspecified atom stereocenters. The number of carbonyl (C=O) groups is 1. The molecule has 0 saturated carbocycles. The third kappa shape index (κ3) is 10.4. The minimum atomic E-state index is -3.31. The Labute approximate surface area is 113 Å². The van der Waals surface area contributed by atoms with Gasteiger partial charge < -0.3 is 10.5 Å². The van der Waals surface area contributed by atoms with Gasteiger partial charge >= 0.3 is 5.97 Å². The van der Waals surface area contributed by atoms with Crippen LogP contribution in [-0.4, -0.2) is 38.8 Å². The molecule has 0 rings (SSSR count). The Morgan fingerprint density at radius 1 is 1.28 bits per heavy atom. The fourth-order valence-corrected chi connectivity index (χ4v) is 2.50. The lowest BCUT2D eigenvalue weighted by molar-refractivity contribution is -0.140. The van der Waals surface area contributed by atoms with Crippen LogP contribution in [0.4, 0.5) is 0 Å². The summed E-state index contributed by atoms with van der Waals surface area (Å²) >= 11 is 4.71. The van der Waals surface area contributed by atoms with Crippen molar-refractivity contribution in [1.82, 2.24) is 4.72 Å². The predicted octanol–water partition coefficient (Wildman–Crippen LogP) is 0.315. The van der Waals surface area contributed by atoms with Gasteiger partial charge in [0.15, 0.2) is 0 Å². The summed E-state index contributed by atoms with van der Waals surface area (Å²) in [6.07, 6.45) is 2.45. The second kappa shape index (κ2) is 9.23. The van der Waals surface area contributed by atoms with E-state index < -0.39 is 16.0 Å². The molecule has 0 aliphatic heterocycles. The van der Waals surface area contributed by atoms with Crippen molar-refractivity contribution in [2.45, 2.75) is 32.1 Å². The fourth-order valence-electron chi connectivity index (χ4n) is 1.23. The molecule has 18 heavy (non-hydrogen) atoms. The predicted molar refractivity (Wildman–Crippen MR) is 73.7 cm³/mol. The Kier molecular flexibility index (Phi) is 8.86. The molecule has 0 aliphatic carbocycles. The third-order valence-electron chi connectivity index (χ3n) is 2.19. The number of esters is 1. The molecular weight excluding hydrogens is 276 g/mol. The van der Waals surface area contributed by atoms with E-state index in [9.17, 15) is 13.2 Å². The molecule has 0 atom stereocenters. The van der Waals surface area contributed by atoms with Crippen molar-refractivity contribution >= 4 is 33.2 Å². The van der Waals surface area contributed by atoms with Gasteiger partial charge in [-0.1, -0.05) is 12.2 Å². The number of nitrogens with one attached hydrogen (secondary N) is 1. The summed E-state index contributed by atoms with van der Waals surface area (Å²) in [5.41, 5.74) is 5.32. The zero-order valence-corrected chi connectivity index (χ0v) is 12.1. The van der Waals surface area contributed by atoms with Crippen molar-refractivity contribution in [3.63, 3.8) is 0 Å². The molecule has 0 fully saturated rings. The first-order valence-corrected chi connectivity index (χ1v) is 7.76. The largest absolute Gasteiger partial charge is 0.469 e. The van der Waals surface area contributed by atoms with Crippen molar-refractivity contribution in [2.75, 3.05) is 19.4 Å². The van der Waals surface area contributed by atoms with Crippen LogP contribution in [0.3, 0.4) is 0 Å². The normalized spacial score (nSPS) is 11.2. The number of thiocarbonyl (C=S) groups is 1. The molecule has 0 saturated heterocycles. The molecular formula is C10H20N2O4S2. The summed E-state index contributed by atoms with van der Waals surface area (Å²) in [4.78, 5) is 11.2. The maximum absolute atomic E-state index is 11.5. The Balaban J connectivity index is 3.67. The molecule has 0 bridgehead atoms. The molecule has 0 aliphatic rings. The van der Waals surface area contributed by atoms with E-state index in [2.05, 4.69) is 9.46 Å². The van der Waals surface area contributed by atoms with E-state index in [1.807, 2.05) is 0 Å². The molecule has 0 spiro atoms. The number of hydrogen-bond donors (Lipinski definition) is 2. The van der Waals surface area contributed by atoms with E-state index in [1.165, 1.54) is 7.11 Å². The number of carbonyl (C=O) groups excluding carboxylic acids is 1. The number of sulfonamides is 1. The first-order valence-electron chi connectivity index (χ1n) is 5.70. The highest BCUT2D eigenvalue weighted by Gasteiger charge is 2.10. The Morgan fingerprint density at radius 3 is 2.50 bits per heavy atom. The van der Waals surface area contributed by atoms with E-state index in [4.69, 9.17) is 18.0 Å². The molecule has 3 N–H and O–H groups in total. The molecule has 0 aromatic carbocycles. The topological polar surface area (TPSA) is 98.5 Å². The molecule has 106 valence electrons. The molecule has 0 radical (unpaired) electrons. The van der Waals surface area contributed by atoms with Crippen LogP contribution in [0.25, 0.3) is 0 Å². The number of rotatable bonds is 10. The van der Waals surface area contributed by atoms with Gasteiger partial charge in [-0.15, -0.1) is 0 Å². The van der Waals surface area contributed by atoms with Crippen LogP contribution >= 0.6 is 12.2 Å². The monoisotopic (exact) mass is 296 g/mol. The molecule has 0 aromatic rings. The lowest BCUT2D eigenvalue weighted by Gasteiger charge is -2.06. The lowest BCUT2D eigenvalue weighted by atomic mass is 10.2. The van der Waals surface area contributed by atoms with Gasteiger partial charge in [0.1, 0.15) is 0 Å². The van der Waals surface area contributed by atoms with E-state index in [1.54, 1.807) is 0 Å². The average Bonchev–Trinajstić information content (AvgIpc) is 2.27. The van der Waals surface area contributed by atoms with Crippen LogP contribution in [0.1, 0.15) is 32.1 Å². The highest BCUT2D eigenvalue weighted by molar-refractivity contribution is 7.89. The molecule has 8 heteroatoms. The minimum Gasteiger partial charge on any atom is -0.469 e. The van der Waals surface area contributed by atoms with Crippen LogP contribution < -0.4 is 10.5 Å². The van der Waals surface area contributed by atoms with Gasteiger partial charge in [0.25, 0.3) is 0 Å². The summed E-state index contributed by atoms with van der Waals surface area (Å²) in [5.74, 6) is -0.473. The van der Waals surface area contributed by atoms with E-state index in [0.29, 0.717) is 24.4 Å². The molecule has 0 amide bonds. The molecule has 0 heterocycles.